The highest BCUT2D eigenvalue weighted by molar-refractivity contribution is 5.77. The zero-order chi connectivity index (χ0) is 13.5. The second-order valence-electron chi connectivity index (χ2n) is 5.13. The molecule has 0 aliphatic heterocycles. The summed E-state index contributed by atoms with van der Waals surface area (Å²) in [5.74, 6) is -1.39. The van der Waals surface area contributed by atoms with Crippen LogP contribution in [0.25, 0.3) is 0 Å². The lowest BCUT2D eigenvalue weighted by molar-refractivity contribution is -0.119. The van der Waals surface area contributed by atoms with Crippen molar-refractivity contribution in [3.05, 3.63) is 9.81 Å². The summed E-state index contributed by atoms with van der Waals surface area (Å²) in [6.45, 7) is 5.86. The van der Waals surface area contributed by atoms with Crippen LogP contribution in [-0.2, 0) is 9.59 Å². The minimum absolute atomic E-state index is 0.0350. The van der Waals surface area contributed by atoms with Crippen molar-refractivity contribution in [2.45, 2.75) is 46.5 Å². The molecule has 0 saturated heterocycles. The van der Waals surface area contributed by atoms with Crippen molar-refractivity contribution in [2.75, 3.05) is 0 Å². The molecule has 0 aromatic heterocycles. The molecular weight excluding hydrogens is 224 g/mol. The zero-order valence-electron chi connectivity index (χ0n) is 10.4. The van der Waals surface area contributed by atoms with Gasteiger partial charge in [-0.3, -0.25) is 9.59 Å². The normalized spacial score (nSPS) is 12.9. The first kappa shape index (κ1) is 15.5. The van der Waals surface area contributed by atoms with Crippen LogP contribution in [0.15, 0.2) is 10.4 Å². The van der Waals surface area contributed by atoms with Crippen LogP contribution in [0, 0.1) is 21.1 Å². The fraction of sp³-hybridized carbons (Fsp3) is 0.818. The summed E-state index contributed by atoms with van der Waals surface area (Å²) < 4.78 is 0. The van der Waals surface area contributed by atoms with Gasteiger partial charge in [0, 0.05) is 23.2 Å². The van der Waals surface area contributed by atoms with E-state index in [1.807, 2.05) is 20.8 Å². The van der Waals surface area contributed by atoms with Crippen molar-refractivity contribution in [1.29, 1.82) is 0 Å². The van der Waals surface area contributed by atoms with Crippen LogP contribution in [0.4, 0.5) is 0 Å². The third kappa shape index (κ3) is 6.65. The maximum atomic E-state index is 11.0. The molecule has 1 atom stereocenters. The maximum Gasteiger partial charge on any atom is 0.286 e. The molecule has 0 saturated carbocycles. The molecule has 2 amide bonds. The van der Waals surface area contributed by atoms with Gasteiger partial charge in [0.15, 0.2) is 0 Å². The third-order valence-electron chi connectivity index (χ3n) is 2.79. The van der Waals surface area contributed by atoms with Gasteiger partial charge in [-0.1, -0.05) is 20.8 Å². The third-order valence-corrected chi connectivity index (χ3v) is 2.79. The van der Waals surface area contributed by atoms with Gasteiger partial charge in [-0.15, -0.1) is 9.81 Å². The van der Waals surface area contributed by atoms with Crippen molar-refractivity contribution in [3.63, 3.8) is 0 Å². The van der Waals surface area contributed by atoms with Crippen LogP contribution >= 0.6 is 0 Å². The second kappa shape index (κ2) is 6.98. The molecule has 1 unspecified atom stereocenters. The molecule has 0 aromatic carbocycles. The standard InChI is InChI=1S/C11H18N2O4/c1-11(2,3)8(7-10(15)13-17)5-4-6-9(14)12-16/h8H,4-7H2,1-3H3. The van der Waals surface area contributed by atoms with Gasteiger partial charge in [-0.25, -0.2) is 0 Å². The summed E-state index contributed by atoms with van der Waals surface area (Å²) in [5.41, 5.74) is -0.155. The van der Waals surface area contributed by atoms with E-state index in [-0.39, 0.29) is 24.2 Å². The Bertz CT molecular complexity index is 307. The van der Waals surface area contributed by atoms with Gasteiger partial charge in [0.1, 0.15) is 0 Å². The van der Waals surface area contributed by atoms with Crippen LogP contribution in [0.3, 0.4) is 0 Å². The Hall–Kier alpha value is -1.46. The molecule has 0 rings (SSSR count). The Morgan fingerprint density at radius 3 is 2.00 bits per heavy atom. The number of carbonyl (C=O) groups excluding carboxylic acids is 2. The molecular formula is C11H18N2O4. The fourth-order valence-corrected chi connectivity index (χ4v) is 1.63. The van der Waals surface area contributed by atoms with E-state index < -0.39 is 11.8 Å². The minimum atomic E-state index is -0.683. The number of amides is 2. The van der Waals surface area contributed by atoms with Crippen molar-refractivity contribution >= 4 is 11.8 Å². The van der Waals surface area contributed by atoms with Crippen LogP contribution in [0.2, 0.25) is 0 Å². The van der Waals surface area contributed by atoms with E-state index >= 15 is 0 Å². The highest BCUT2D eigenvalue weighted by atomic mass is 16.3. The molecule has 0 bridgehead atoms. The van der Waals surface area contributed by atoms with Crippen molar-refractivity contribution in [1.82, 2.24) is 0 Å². The first-order chi connectivity index (χ1) is 7.81. The predicted octanol–water partition coefficient (Wildman–Crippen LogP) is 2.80. The molecule has 0 aliphatic rings. The first-order valence-electron chi connectivity index (χ1n) is 5.53. The molecule has 6 heteroatoms. The maximum absolute atomic E-state index is 11.0. The minimum Gasteiger partial charge on any atom is -0.269 e. The number of nitroso groups, excluding NO2 is 2. The average Bonchev–Trinajstić information content (AvgIpc) is 2.25. The summed E-state index contributed by atoms with van der Waals surface area (Å²) in [4.78, 5) is 41.7. The van der Waals surface area contributed by atoms with E-state index in [0.29, 0.717) is 12.8 Å². The lowest BCUT2D eigenvalue weighted by Crippen LogP contribution is -2.23. The van der Waals surface area contributed by atoms with Crippen LogP contribution < -0.4 is 0 Å². The molecule has 0 aromatic rings. The molecule has 0 heterocycles. The quantitative estimate of drug-likeness (QED) is 0.669. The summed E-state index contributed by atoms with van der Waals surface area (Å²) in [6, 6.07) is 0. The molecule has 0 fully saturated rings. The van der Waals surface area contributed by atoms with Gasteiger partial charge < -0.3 is 0 Å². The fourth-order valence-electron chi connectivity index (χ4n) is 1.63. The molecule has 0 aliphatic carbocycles. The number of carbonyl (C=O) groups is 2. The van der Waals surface area contributed by atoms with Gasteiger partial charge >= 0.3 is 0 Å². The van der Waals surface area contributed by atoms with Crippen LogP contribution in [-0.4, -0.2) is 11.8 Å². The van der Waals surface area contributed by atoms with E-state index in [2.05, 4.69) is 10.4 Å². The smallest absolute Gasteiger partial charge is 0.269 e. The van der Waals surface area contributed by atoms with Gasteiger partial charge in [0.05, 0.1) is 0 Å². The Morgan fingerprint density at radius 2 is 1.59 bits per heavy atom. The lowest BCUT2D eigenvalue weighted by Gasteiger charge is -2.29. The van der Waals surface area contributed by atoms with E-state index in [9.17, 15) is 19.4 Å². The molecule has 96 valence electrons. The molecule has 0 spiro atoms. The monoisotopic (exact) mass is 242 g/mol. The second-order valence-corrected chi connectivity index (χ2v) is 5.13. The van der Waals surface area contributed by atoms with Gasteiger partial charge in [-0.05, 0) is 24.2 Å². The van der Waals surface area contributed by atoms with E-state index in [1.165, 1.54) is 0 Å². The Morgan fingerprint density at radius 1 is 1.06 bits per heavy atom. The van der Waals surface area contributed by atoms with E-state index in [1.54, 1.807) is 0 Å². The summed E-state index contributed by atoms with van der Waals surface area (Å²) in [5, 5.41) is 4.68. The van der Waals surface area contributed by atoms with E-state index in [4.69, 9.17) is 0 Å². The van der Waals surface area contributed by atoms with Crippen LogP contribution in [0.1, 0.15) is 46.5 Å². The first-order valence-corrected chi connectivity index (χ1v) is 5.53. The van der Waals surface area contributed by atoms with Crippen molar-refractivity contribution in [2.24, 2.45) is 21.7 Å². The number of nitrogens with zero attached hydrogens (tertiary/aromatic N) is 2. The number of hydrogen-bond acceptors (Lipinski definition) is 4. The molecule has 6 nitrogen and oxygen atoms in total. The topological polar surface area (TPSA) is 93.0 Å². The Balaban J connectivity index is 4.30. The highest BCUT2D eigenvalue weighted by Crippen LogP contribution is 2.33. The van der Waals surface area contributed by atoms with E-state index in [0.717, 1.165) is 0 Å². The summed E-state index contributed by atoms with van der Waals surface area (Å²) >= 11 is 0. The van der Waals surface area contributed by atoms with Crippen molar-refractivity contribution < 1.29 is 9.59 Å². The molecule has 0 radical (unpaired) electrons. The molecule has 0 N–H and O–H groups in total. The number of rotatable bonds is 6. The predicted molar refractivity (Wildman–Crippen MR) is 63.0 cm³/mol. The largest absolute Gasteiger partial charge is 0.286 e. The van der Waals surface area contributed by atoms with Crippen molar-refractivity contribution in [3.8, 4) is 0 Å². The lowest BCUT2D eigenvalue weighted by atomic mass is 9.76. The van der Waals surface area contributed by atoms with Gasteiger partial charge in [0.2, 0.25) is 0 Å². The SMILES string of the molecule is CC(C)(C)C(CCCC(=O)N=O)CC(=O)N=O. The average molecular weight is 242 g/mol. The summed E-state index contributed by atoms with van der Waals surface area (Å²) in [7, 11) is 0. The highest BCUT2D eigenvalue weighted by Gasteiger charge is 2.27. The number of hydrogen-bond donors (Lipinski definition) is 0. The zero-order valence-corrected chi connectivity index (χ0v) is 10.4. The Labute approximate surface area is 100 Å². The van der Waals surface area contributed by atoms with Crippen LogP contribution in [0.5, 0.6) is 0 Å². The Kier molecular flexibility index (Phi) is 6.38. The molecule has 17 heavy (non-hydrogen) atoms. The summed E-state index contributed by atoms with van der Waals surface area (Å²) in [6.07, 6.45) is 1.24. The van der Waals surface area contributed by atoms with Gasteiger partial charge in [-0.2, -0.15) is 0 Å². The van der Waals surface area contributed by atoms with Gasteiger partial charge in [0.25, 0.3) is 11.8 Å².